The molecule has 2 aromatic carbocycles. The van der Waals surface area contributed by atoms with Gasteiger partial charge in [0.15, 0.2) is 17.5 Å². The fraction of sp³-hybridized carbons (Fsp3) is 0.188. The third-order valence-electron chi connectivity index (χ3n) is 3.52. The lowest BCUT2D eigenvalue weighted by Crippen LogP contribution is -2.30. The second-order valence-electron chi connectivity index (χ2n) is 4.91. The summed E-state index contributed by atoms with van der Waals surface area (Å²) in [6.07, 6.45) is 0. The summed E-state index contributed by atoms with van der Waals surface area (Å²) in [5.74, 6) is -5.29. The monoisotopic (exact) mass is 309 g/mol. The van der Waals surface area contributed by atoms with Gasteiger partial charge in [0.25, 0.3) is 5.91 Å². The van der Waals surface area contributed by atoms with E-state index in [0.29, 0.717) is 11.6 Å². The van der Waals surface area contributed by atoms with Crippen molar-refractivity contribution in [3.05, 3.63) is 65.0 Å². The fourth-order valence-electron chi connectivity index (χ4n) is 2.07. The smallest absolute Gasteiger partial charge is 0.257 e. The zero-order valence-electron chi connectivity index (χ0n) is 12.0. The molecule has 3 nitrogen and oxygen atoms in total. The highest BCUT2D eigenvalue weighted by molar-refractivity contribution is 5.94. The topological polar surface area (TPSA) is 40.5 Å². The van der Waals surface area contributed by atoms with Gasteiger partial charge >= 0.3 is 0 Å². The molecule has 0 aliphatic carbocycles. The van der Waals surface area contributed by atoms with Gasteiger partial charge in [-0.15, -0.1) is 0 Å². The van der Waals surface area contributed by atoms with Crippen molar-refractivity contribution in [3.63, 3.8) is 0 Å². The Labute approximate surface area is 125 Å². The van der Waals surface area contributed by atoms with Gasteiger partial charge in [-0.1, -0.05) is 12.1 Å². The molecule has 22 heavy (non-hydrogen) atoms. The predicted molar refractivity (Wildman–Crippen MR) is 74.9 cm³/mol. The summed E-state index contributed by atoms with van der Waals surface area (Å²) >= 11 is 0. The number of nitrogens with zero attached hydrogens (tertiary/aromatic N) is 1. The number of phenolic OH excluding ortho intramolecular Hbond substituents is 1. The van der Waals surface area contributed by atoms with Crippen LogP contribution in [0.15, 0.2) is 36.4 Å². The first kappa shape index (κ1) is 15.9. The largest absolute Gasteiger partial charge is 0.508 e. The van der Waals surface area contributed by atoms with Gasteiger partial charge in [-0.3, -0.25) is 4.79 Å². The van der Waals surface area contributed by atoms with E-state index >= 15 is 0 Å². The van der Waals surface area contributed by atoms with Crippen LogP contribution in [-0.4, -0.2) is 23.0 Å². The molecule has 0 heterocycles. The molecule has 2 rings (SSSR count). The van der Waals surface area contributed by atoms with Gasteiger partial charge in [0.05, 0.1) is 11.6 Å². The zero-order valence-corrected chi connectivity index (χ0v) is 12.0. The molecule has 0 aliphatic rings. The summed E-state index contributed by atoms with van der Waals surface area (Å²) in [6.45, 7) is 1.67. The number of amides is 1. The van der Waals surface area contributed by atoms with E-state index in [0.717, 1.165) is 6.07 Å². The van der Waals surface area contributed by atoms with Crippen LogP contribution in [0.4, 0.5) is 13.2 Å². The minimum atomic E-state index is -1.68. The van der Waals surface area contributed by atoms with Crippen LogP contribution in [-0.2, 0) is 0 Å². The maximum absolute atomic E-state index is 13.7. The van der Waals surface area contributed by atoms with Crippen LogP contribution in [0.5, 0.6) is 5.75 Å². The molecule has 0 fully saturated rings. The second kappa shape index (κ2) is 6.09. The van der Waals surface area contributed by atoms with E-state index < -0.39 is 35.0 Å². The molecular weight excluding hydrogens is 295 g/mol. The molecule has 0 saturated heterocycles. The maximum atomic E-state index is 13.7. The standard InChI is InChI=1S/C16H14F3NO2/c1-9(10-4-3-5-11(21)8-10)20(2)16(22)12-6-7-13(17)15(19)14(12)18/h3-9,21H,1-2H3/t9-/m0/s1. The molecular formula is C16H14F3NO2. The Balaban J connectivity index is 2.31. The second-order valence-corrected chi connectivity index (χ2v) is 4.91. The quantitative estimate of drug-likeness (QED) is 0.879. The van der Waals surface area contributed by atoms with Crippen LogP contribution in [0.25, 0.3) is 0 Å². The molecule has 0 saturated carbocycles. The highest BCUT2D eigenvalue weighted by Gasteiger charge is 2.24. The minimum Gasteiger partial charge on any atom is -0.508 e. The van der Waals surface area contributed by atoms with E-state index in [4.69, 9.17) is 0 Å². The van der Waals surface area contributed by atoms with Crippen molar-refractivity contribution in [2.75, 3.05) is 7.05 Å². The number of carbonyl (C=O) groups excluding carboxylic acids is 1. The Bertz CT molecular complexity index is 719. The van der Waals surface area contributed by atoms with Crippen molar-refractivity contribution in [1.82, 2.24) is 4.90 Å². The van der Waals surface area contributed by atoms with Crippen molar-refractivity contribution < 1.29 is 23.1 Å². The van der Waals surface area contributed by atoms with Crippen LogP contribution < -0.4 is 0 Å². The number of halogens is 3. The van der Waals surface area contributed by atoms with Crippen LogP contribution in [0, 0.1) is 17.5 Å². The molecule has 0 unspecified atom stereocenters. The number of carbonyl (C=O) groups is 1. The molecule has 1 N–H and O–H groups in total. The normalized spacial score (nSPS) is 12.0. The van der Waals surface area contributed by atoms with Crippen LogP contribution in [0.3, 0.4) is 0 Å². The van der Waals surface area contributed by atoms with Gasteiger partial charge in [-0.2, -0.15) is 0 Å². The molecule has 1 atom stereocenters. The zero-order chi connectivity index (χ0) is 16.4. The van der Waals surface area contributed by atoms with E-state index in [1.165, 1.54) is 24.1 Å². The highest BCUT2D eigenvalue weighted by atomic mass is 19.2. The lowest BCUT2D eigenvalue weighted by atomic mass is 10.1. The summed E-state index contributed by atoms with van der Waals surface area (Å²) in [5, 5.41) is 9.46. The molecule has 0 spiro atoms. The molecule has 0 radical (unpaired) electrons. The number of hydrogen-bond donors (Lipinski definition) is 1. The van der Waals surface area contributed by atoms with Crippen molar-refractivity contribution in [1.29, 1.82) is 0 Å². The Morgan fingerprint density at radius 1 is 1.14 bits per heavy atom. The third kappa shape index (κ3) is 2.90. The van der Waals surface area contributed by atoms with Gasteiger partial charge in [0.2, 0.25) is 0 Å². The predicted octanol–water partition coefficient (Wildman–Crippen LogP) is 3.64. The average molecular weight is 309 g/mol. The minimum absolute atomic E-state index is 0.0317. The summed E-state index contributed by atoms with van der Waals surface area (Å²) in [7, 11) is 1.41. The van der Waals surface area contributed by atoms with Crippen LogP contribution >= 0.6 is 0 Å². The summed E-state index contributed by atoms with van der Waals surface area (Å²) in [6, 6.07) is 7.36. The molecule has 6 heteroatoms. The Morgan fingerprint density at radius 2 is 1.82 bits per heavy atom. The average Bonchev–Trinajstić information content (AvgIpc) is 2.50. The summed E-state index contributed by atoms with van der Waals surface area (Å²) < 4.78 is 39.9. The SMILES string of the molecule is C[C@@H](c1cccc(O)c1)N(C)C(=O)c1ccc(F)c(F)c1F. The molecule has 0 aromatic heterocycles. The third-order valence-corrected chi connectivity index (χ3v) is 3.52. The van der Waals surface area contributed by atoms with Crippen molar-refractivity contribution in [2.45, 2.75) is 13.0 Å². The van der Waals surface area contributed by atoms with E-state index in [-0.39, 0.29) is 5.75 Å². The molecule has 1 amide bonds. The van der Waals surface area contributed by atoms with Crippen LogP contribution in [0.2, 0.25) is 0 Å². The first-order valence-corrected chi connectivity index (χ1v) is 6.52. The summed E-state index contributed by atoms with van der Waals surface area (Å²) in [4.78, 5) is 13.4. The molecule has 0 aliphatic heterocycles. The van der Waals surface area contributed by atoms with Gasteiger partial charge in [-0.25, -0.2) is 13.2 Å². The van der Waals surface area contributed by atoms with E-state index in [1.54, 1.807) is 19.1 Å². The Hall–Kier alpha value is -2.50. The van der Waals surface area contributed by atoms with Crippen molar-refractivity contribution in [2.24, 2.45) is 0 Å². The highest BCUT2D eigenvalue weighted by Crippen LogP contribution is 2.25. The lowest BCUT2D eigenvalue weighted by molar-refractivity contribution is 0.0736. The summed E-state index contributed by atoms with van der Waals surface area (Å²) in [5.41, 5.74) is 0.0762. The molecule has 0 bridgehead atoms. The molecule has 116 valence electrons. The number of aromatic hydroxyl groups is 1. The Morgan fingerprint density at radius 3 is 2.45 bits per heavy atom. The van der Waals surface area contributed by atoms with E-state index in [2.05, 4.69) is 0 Å². The van der Waals surface area contributed by atoms with E-state index in [1.807, 2.05) is 0 Å². The van der Waals surface area contributed by atoms with Gasteiger partial charge in [0, 0.05) is 7.05 Å². The van der Waals surface area contributed by atoms with Crippen molar-refractivity contribution in [3.8, 4) is 5.75 Å². The maximum Gasteiger partial charge on any atom is 0.257 e. The Kier molecular flexibility index (Phi) is 4.40. The molecule has 2 aromatic rings. The van der Waals surface area contributed by atoms with Crippen molar-refractivity contribution >= 4 is 5.91 Å². The number of benzene rings is 2. The lowest BCUT2D eigenvalue weighted by Gasteiger charge is -2.25. The van der Waals surface area contributed by atoms with Gasteiger partial charge in [-0.05, 0) is 36.8 Å². The number of hydrogen-bond acceptors (Lipinski definition) is 2. The van der Waals surface area contributed by atoms with Crippen LogP contribution in [0.1, 0.15) is 28.9 Å². The van der Waals surface area contributed by atoms with Gasteiger partial charge < -0.3 is 10.0 Å². The first-order chi connectivity index (χ1) is 10.3. The van der Waals surface area contributed by atoms with E-state index in [9.17, 15) is 23.1 Å². The number of phenols is 1. The first-order valence-electron chi connectivity index (χ1n) is 6.52. The number of rotatable bonds is 3. The van der Waals surface area contributed by atoms with Gasteiger partial charge in [0.1, 0.15) is 5.75 Å². The fourth-order valence-corrected chi connectivity index (χ4v) is 2.07.